The largest absolute Gasteiger partial charge is 0.479 e. The van der Waals surface area contributed by atoms with Crippen LogP contribution in [0.1, 0.15) is 13.3 Å². The van der Waals surface area contributed by atoms with E-state index in [9.17, 15) is 0 Å². The van der Waals surface area contributed by atoms with E-state index in [1.54, 1.807) is 7.11 Å². The molecule has 0 fully saturated rings. The maximum absolute atomic E-state index is 5.74. The summed E-state index contributed by atoms with van der Waals surface area (Å²) in [6, 6.07) is 1.18. The van der Waals surface area contributed by atoms with Crippen molar-refractivity contribution in [3.63, 3.8) is 0 Å². The summed E-state index contributed by atoms with van der Waals surface area (Å²) in [6.07, 6.45) is 2.80. The van der Waals surface area contributed by atoms with E-state index < -0.39 is 8.07 Å². The van der Waals surface area contributed by atoms with Crippen LogP contribution < -0.4 is 4.74 Å². The molecule has 0 bridgehead atoms. The summed E-state index contributed by atoms with van der Waals surface area (Å²) in [7, 11) is 2.59. The lowest BCUT2D eigenvalue weighted by Gasteiger charge is -2.26. The zero-order valence-corrected chi connectivity index (χ0v) is 14.1. The third kappa shape index (κ3) is 4.54. The van der Waals surface area contributed by atoms with Crippen molar-refractivity contribution in [1.82, 2.24) is 9.36 Å². The van der Waals surface area contributed by atoms with Gasteiger partial charge in [-0.15, -0.1) is 0 Å². The van der Waals surface area contributed by atoms with E-state index >= 15 is 0 Å². The third-order valence-electron chi connectivity index (χ3n) is 2.89. The highest BCUT2D eigenvalue weighted by Crippen LogP contribution is 2.31. The average Bonchev–Trinajstić information content (AvgIpc) is 2.32. The highest BCUT2D eigenvalue weighted by molar-refractivity contribution is 6.76. The second-order valence-electron chi connectivity index (χ2n) is 5.82. The van der Waals surface area contributed by atoms with E-state index in [1.807, 2.05) is 22.6 Å². The lowest BCUT2D eigenvalue weighted by Crippen LogP contribution is -2.25. The van der Waals surface area contributed by atoms with Crippen molar-refractivity contribution in [3.8, 4) is 5.88 Å². The molecule has 0 atom stereocenters. The van der Waals surface area contributed by atoms with Crippen LogP contribution in [0.4, 0.5) is 5.82 Å². The smallest absolute Gasteiger partial charge is 0.254 e. The Bertz CT molecular complexity index is 416. The summed E-state index contributed by atoms with van der Waals surface area (Å²) in [6.45, 7) is 10.5. The zero-order valence-electron chi connectivity index (χ0n) is 13.1. The predicted molar refractivity (Wildman–Crippen MR) is 82.5 cm³/mol. The number of ether oxygens (including phenoxy) is 2. The molecule has 0 aliphatic rings. The van der Waals surface area contributed by atoms with Crippen LogP contribution >= 0.6 is 0 Å². The molecule has 0 aliphatic heterocycles. The highest BCUT2D eigenvalue weighted by Gasteiger charge is 2.19. The summed E-state index contributed by atoms with van der Waals surface area (Å²) in [4.78, 5) is 4.40. The Balaban J connectivity index is 2.56. The Morgan fingerprint density at radius 1 is 1.32 bits per heavy atom. The Labute approximate surface area is 117 Å². The van der Waals surface area contributed by atoms with Gasteiger partial charge < -0.3 is 9.47 Å². The molecule has 5 nitrogen and oxygen atoms in total. The van der Waals surface area contributed by atoms with Crippen LogP contribution in [0, 0.1) is 0 Å². The second-order valence-corrected chi connectivity index (χ2v) is 11.4. The number of hydrogen-bond donors (Lipinski definition) is 0. The summed E-state index contributed by atoms with van der Waals surface area (Å²) < 4.78 is 15.0. The molecule has 1 aromatic heterocycles. The van der Waals surface area contributed by atoms with E-state index in [-0.39, 0.29) is 0 Å². The molecule has 1 heterocycles. The van der Waals surface area contributed by atoms with Gasteiger partial charge in [-0.1, -0.05) is 26.6 Å². The van der Waals surface area contributed by atoms with E-state index in [0.29, 0.717) is 6.73 Å². The van der Waals surface area contributed by atoms with Crippen LogP contribution in [0.25, 0.3) is 0 Å². The molecule has 110 valence electrons. The molecule has 0 amide bonds. The minimum atomic E-state index is -1.02. The average molecular weight is 285 g/mol. The lowest BCUT2D eigenvalue weighted by molar-refractivity contribution is 0.0614. The first kappa shape index (κ1) is 16.0. The SMILES string of the molecule is CC/C=N\c1c(OC)n(C)n1COCC[Si](C)(C)C. The van der Waals surface area contributed by atoms with Crippen LogP contribution in [-0.4, -0.2) is 37.4 Å². The van der Waals surface area contributed by atoms with E-state index in [1.165, 1.54) is 6.04 Å². The molecule has 1 rings (SSSR count). The van der Waals surface area contributed by atoms with Gasteiger partial charge in [-0.2, -0.15) is 0 Å². The van der Waals surface area contributed by atoms with Gasteiger partial charge in [0.1, 0.15) is 6.73 Å². The minimum absolute atomic E-state index is 0.532. The second kappa shape index (κ2) is 6.95. The fourth-order valence-electron chi connectivity index (χ4n) is 1.66. The van der Waals surface area contributed by atoms with Crippen molar-refractivity contribution in [2.45, 2.75) is 45.8 Å². The maximum Gasteiger partial charge on any atom is 0.254 e. The molecule has 0 saturated heterocycles. The van der Waals surface area contributed by atoms with Gasteiger partial charge in [0, 0.05) is 27.9 Å². The maximum atomic E-state index is 5.74. The molecule has 6 heteroatoms. The van der Waals surface area contributed by atoms with Crippen molar-refractivity contribution in [3.05, 3.63) is 0 Å². The Hall–Kier alpha value is -1.01. The number of nitrogens with zero attached hydrogens (tertiary/aromatic N) is 3. The van der Waals surface area contributed by atoms with Gasteiger partial charge in [-0.25, -0.2) is 9.67 Å². The standard InChI is InChI=1S/C13H27N3O2Si/c1-7-8-14-12-13(17-3)15(2)16(12)11-18-9-10-19(4,5)6/h8H,7,9-11H2,1-6H3/b14-8-. The monoisotopic (exact) mass is 285 g/mol. The molecule has 0 aliphatic carbocycles. The quantitative estimate of drug-likeness (QED) is 0.418. The van der Waals surface area contributed by atoms with Gasteiger partial charge in [-0.3, -0.25) is 4.68 Å². The van der Waals surface area contributed by atoms with E-state index in [4.69, 9.17) is 9.47 Å². The molecular formula is C13H27N3O2Si. The van der Waals surface area contributed by atoms with Gasteiger partial charge in [0.2, 0.25) is 5.82 Å². The fourth-order valence-corrected chi connectivity index (χ4v) is 2.42. The zero-order chi connectivity index (χ0) is 14.5. The van der Waals surface area contributed by atoms with Gasteiger partial charge >= 0.3 is 0 Å². The van der Waals surface area contributed by atoms with Crippen molar-refractivity contribution in [2.75, 3.05) is 13.7 Å². The van der Waals surface area contributed by atoms with Crippen LogP contribution in [0.3, 0.4) is 0 Å². The molecule has 0 spiro atoms. The van der Waals surface area contributed by atoms with Crippen molar-refractivity contribution >= 4 is 20.1 Å². The predicted octanol–water partition coefficient (Wildman–Crippen LogP) is 3.26. The molecule has 0 aromatic carbocycles. The molecule has 0 unspecified atom stereocenters. The van der Waals surface area contributed by atoms with Crippen LogP contribution in [0.2, 0.25) is 25.7 Å². The highest BCUT2D eigenvalue weighted by atomic mass is 28.3. The van der Waals surface area contributed by atoms with Crippen molar-refractivity contribution in [1.29, 1.82) is 0 Å². The topological polar surface area (TPSA) is 40.7 Å². The number of rotatable bonds is 8. The van der Waals surface area contributed by atoms with Crippen LogP contribution in [-0.2, 0) is 18.5 Å². The molecule has 0 saturated carbocycles. The Morgan fingerprint density at radius 2 is 2.00 bits per heavy atom. The molecule has 1 aromatic rings. The Kier molecular flexibility index (Phi) is 5.87. The number of aromatic nitrogens is 2. The molecule has 19 heavy (non-hydrogen) atoms. The summed E-state index contributed by atoms with van der Waals surface area (Å²) in [5.74, 6) is 1.64. The van der Waals surface area contributed by atoms with Crippen LogP contribution in [0.5, 0.6) is 5.88 Å². The summed E-state index contributed by atoms with van der Waals surface area (Å²) in [5.41, 5.74) is 0. The van der Waals surface area contributed by atoms with Gasteiger partial charge in [0.05, 0.1) is 7.11 Å². The van der Waals surface area contributed by atoms with Gasteiger partial charge in [0.25, 0.3) is 5.88 Å². The summed E-state index contributed by atoms with van der Waals surface area (Å²) >= 11 is 0. The number of methoxy groups -OCH3 is 1. The van der Waals surface area contributed by atoms with Gasteiger partial charge in [0.15, 0.2) is 0 Å². The summed E-state index contributed by atoms with van der Waals surface area (Å²) in [5, 5.41) is 0. The van der Waals surface area contributed by atoms with Crippen molar-refractivity contribution < 1.29 is 9.47 Å². The molecule has 0 N–H and O–H groups in total. The van der Waals surface area contributed by atoms with E-state index in [2.05, 4.69) is 31.6 Å². The first-order chi connectivity index (χ1) is 8.90. The fraction of sp³-hybridized carbons (Fsp3) is 0.769. The first-order valence-electron chi connectivity index (χ1n) is 6.80. The number of aliphatic imine (C=N–C) groups is 1. The lowest BCUT2D eigenvalue weighted by atomic mass is 10.5. The Morgan fingerprint density at radius 3 is 2.53 bits per heavy atom. The number of hydrogen-bond acceptors (Lipinski definition) is 3. The van der Waals surface area contributed by atoms with Crippen LogP contribution in [0.15, 0.2) is 4.99 Å². The normalized spacial score (nSPS) is 12.5. The third-order valence-corrected chi connectivity index (χ3v) is 4.60. The molecule has 0 radical (unpaired) electrons. The molecular weight excluding hydrogens is 258 g/mol. The first-order valence-corrected chi connectivity index (χ1v) is 10.5. The minimum Gasteiger partial charge on any atom is -0.479 e. The van der Waals surface area contributed by atoms with Gasteiger partial charge in [-0.05, 0) is 12.5 Å². The van der Waals surface area contributed by atoms with E-state index in [0.717, 1.165) is 24.7 Å². The van der Waals surface area contributed by atoms with Crippen molar-refractivity contribution in [2.24, 2.45) is 12.0 Å².